The molecule has 0 bridgehead atoms. The number of benzene rings is 1. The molecule has 2 rings (SSSR count). The van der Waals surface area contributed by atoms with E-state index in [1.54, 1.807) is 24.3 Å². The molecule has 5 heteroatoms. The van der Waals surface area contributed by atoms with Crippen LogP contribution in [0.15, 0.2) is 47.4 Å². The van der Waals surface area contributed by atoms with Gasteiger partial charge in [0.25, 0.3) is 0 Å². The van der Waals surface area contributed by atoms with Crippen molar-refractivity contribution < 1.29 is 17.9 Å². The van der Waals surface area contributed by atoms with Crippen molar-refractivity contribution >= 4 is 9.84 Å². The summed E-state index contributed by atoms with van der Waals surface area (Å²) in [5, 5.41) is -0.323. The molecule has 1 saturated heterocycles. The SMILES string of the molecule is CCCC/C=C\CCC(CCCCCC#CCCOC1CCCCO1)S(=O)(=O)c1ccccc1. The fourth-order valence-corrected chi connectivity index (χ4v) is 5.96. The zero-order chi connectivity index (χ0) is 24.3. The Morgan fingerprint density at radius 2 is 1.79 bits per heavy atom. The lowest BCUT2D eigenvalue weighted by Crippen LogP contribution is -2.22. The fourth-order valence-electron chi connectivity index (χ4n) is 4.12. The molecule has 0 aromatic heterocycles. The van der Waals surface area contributed by atoms with Crippen molar-refractivity contribution in [2.75, 3.05) is 13.2 Å². The van der Waals surface area contributed by atoms with Crippen LogP contribution in [-0.4, -0.2) is 33.2 Å². The van der Waals surface area contributed by atoms with E-state index in [9.17, 15) is 8.42 Å². The number of unbranched alkanes of at least 4 members (excludes halogenated alkanes) is 5. The van der Waals surface area contributed by atoms with Crippen LogP contribution in [0.2, 0.25) is 0 Å². The van der Waals surface area contributed by atoms with E-state index in [1.165, 1.54) is 19.3 Å². The third kappa shape index (κ3) is 11.7. The Hall–Kier alpha value is -1.61. The molecule has 1 aliphatic heterocycles. The number of allylic oxidation sites excluding steroid dienone is 2. The molecule has 0 radical (unpaired) electrons. The zero-order valence-electron chi connectivity index (χ0n) is 21.1. The second-order valence-electron chi connectivity index (χ2n) is 9.04. The average molecular weight is 489 g/mol. The Morgan fingerprint density at radius 3 is 2.56 bits per heavy atom. The third-order valence-electron chi connectivity index (χ3n) is 6.18. The number of hydrogen-bond acceptors (Lipinski definition) is 4. The Bertz CT molecular complexity index is 830. The predicted molar refractivity (Wildman–Crippen MR) is 140 cm³/mol. The fraction of sp³-hybridized carbons (Fsp3) is 0.655. The van der Waals surface area contributed by atoms with Gasteiger partial charge in [-0.15, -0.1) is 11.8 Å². The summed E-state index contributed by atoms with van der Waals surface area (Å²) in [5.41, 5.74) is 0. The Labute approximate surface area is 208 Å². The first kappa shape index (κ1) is 28.6. The van der Waals surface area contributed by atoms with Crippen LogP contribution in [-0.2, 0) is 19.3 Å². The summed E-state index contributed by atoms with van der Waals surface area (Å²) in [4.78, 5) is 0.446. The lowest BCUT2D eigenvalue weighted by molar-refractivity contribution is -0.161. The van der Waals surface area contributed by atoms with Gasteiger partial charge in [0.05, 0.1) is 16.8 Å². The average Bonchev–Trinajstić information content (AvgIpc) is 2.87. The van der Waals surface area contributed by atoms with Crippen molar-refractivity contribution in [3.05, 3.63) is 42.5 Å². The molecule has 2 atom stereocenters. The minimum absolute atomic E-state index is 0.0394. The molecule has 190 valence electrons. The standard InChI is InChI=1S/C29H44O4S/c1-2-3-4-5-9-13-20-27(34(30,31)28-22-15-12-16-23-28)21-14-10-7-6-8-11-18-25-32-29-24-17-19-26-33-29/h5,9,12,15-16,22-23,27,29H,2-4,6-7,10,13-14,17-21,24-26H2,1H3/b9-5-. The quantitative estimate of drug-likeness (QED) is 0.140. The van der Waals surface area contributed by atoms with Crippen LogP contribution < -0.4 is 0 Å². The van der Waals surface area contributed by atoms with Gasteiger partial charge in [-0.05, 0) is 63.5 Å². The summed E-state index contributed by atoms with van der Waals surface area (Å²) in [7, 11) is -3.30. The Kier molecular flexibility index (Phi) is 15.0. The molecule has 2 unspecified atom stereocenters. The van der Waals surface area contributed by atoms with Gasteiger partial charge in [0.2, 0.25) is 0 Å². The van der Waals surface area contributed by atoms with Gasteiger partial charge in [0.15, 0.2) is 16.1 Å². The van der Waals surface area contributed by atoms with Crippen LogP contribution >= 0.6 is 0 Å². The van der Waals surface area contributed by atoms with Gasteiger partial charge in [0.1, 0.15) is 0 Å². The second-order valence-corrected chi connectivity index (χ2v) is 11.3. The first-order chi connectivity index (χ1) is 16.6. The molecule has 1 heterocycles. The first-order valence-electron chi connectivity index (χ1n) is 13.3. The highest BCUT2D eigenvalue weighted by molar-refractivity contribution is 7.92. The van der Waals surface area contributed by atoms with Crippen molar-refractivity contribution in [1.82, 2.24) is 0 Å². The molecule has 1 aromatic rings. The topological polar surface area (TPSA) is 52.6 Å². The summed E-state index contributed by atoms with van der Waals surface area (Å²) in [5.74, 6) is 6.41. The maximum atomic E-state index is 13.2. The minimum Gasteiger partial charge on any atom is -0.353 e. The van der Waals surface area contributed by atoms with E-state index in [4.69, 9.17) is 9.47 Å². The molecule has 0 aliphatic carbocycles. The first-order valence-corrected chi connectivity index (χ1v) is 14.8. The van der Waals surface area contributed by atoms with Crippen molar-refractivity contribution in [2.24, 2.45) is 0 Å². The summed E-state index contributed by atoms with van der Waals surface area (Å²) >= 11 is 0. The molecular weight excluding hydrogens is 444 g/mol. The van der Waals surface area contributed by atoms with E-state index < -0.39 is 9.84 Å². The van der Waals surface area contributed by atoms with E-state index in [0.717, 1.165) is 64.4 Å². The Morgan fingerprint density at radius 1 is 1.00 bits per heavy atom. The molecule has 1 aromatic carbocycles. The summed E-state index contributed by atoms with van der Waals surface area (Å²) < 4.78 is 37.7. The van der Waals surface area contributed by atoms with Crippen LogP contribution in [0, 0.1) is 11.8 Å². The van der Waals surface area contributed by atoms with Crippen molar-refractivity contribution in [3.8, 4) is 11.8 Å². The van der Waals surface area contributed by atoms with E-state index in [0.29, 0.717) is 24.3 Å². The van der Waals surface area contributed by atoms with Crippen LogP contribution in [0.5, 0.6) is 0 Å². The van der Waals surface area contributed by atoms with E-state index in [2.05, 4.69) is 30.9 Å². The van der Waals surface area contributed by atoms with Gasteiger partial charge in [-0.1, -0.05) is 63.0 Å². The lowest BCUT2D eigenvalue weighted by atomic mass is 10.1. The molecule has 0 spiro atoms. The third-order valence-corrected chi connectivity index (χ3v) is 8.46. The zero-order valence-corrected chi connectivity index (χ0v) is 21.9. The molecule has 0 saturated carbocycles. The highest BCUT2D eigenvalue weighted by Crippen LogP contribution is 2.24. The highest BCUT2D eigenvalue weighted by atomic mass is 32.2. The van der Waals surface area contributed by atoms with Gasteiger partial charge in [0, 0.05) is 19.4 Å². The molecule has 4 nitrogen and oxygen atoms in total. The molecule has 0 N–H and O–H groups in total. The van der Waals surface area contributed by atoms with E-state index in [-0.39, 0.29) is 11.5 Å². The lowest BCUT2D eigenvalue weighted by Gasteiger charge is -2.22. The van der Waals surface area contributed by atoms with Gasteiger partial charge < -0.3 is 9.47 Å². The van der Waals surface area contributed by atoms with Gasteiger partial charge in [-0.3, -0.25) is 0 Å². The van der Waals surface area contributed by atoms with E-state index >= 15 is 0 Å². The van der Waals surface area contributed by atoms with Gasteiger partial charge in [-0.2, -0.15) is 0 Å². The van der Waals surface area contributed by atoms with Crippen molar-refractivity contribution in [1.29, 1.82) is 0 Å². The maximum absolute atomic E-state index is 13.2. The number of sulfone groups is 1. The van der Waals surface area contributed by atoms with Crippen LogP contribution in [0.3, 0.4) is 0 Å². The Balaban J connectivity index is 1.69. The number of ether oxygens (including phenoxy) is 2. The largest absolute Gasteiger partial charge is 0.353 e. The van der Waals surface area contributed by atoms with Crippen LogP contribution in [0.25, 0.3) is 0 Å². The molecule has 1 fully saturated rings. The molecular formula is C29H44O4S. The normalized spacial score (nSPS) is 17.4. The number of hydrogen-bond donors (Lipinski definition) is 0. The maximum Gasteiger partial charge on any atom is 0.181 e. The summed E-state index contributed by atoms with van der Waals surface area (Å²) in [6, 6.07) is 8.92. The van der Waals surface area contributed by atoms with Crippen LogP contribution in [0.4, 0.5) is 0 Å². The monoisotopic (exact) mass is 488 g/mol. The van der Waals surface area contributed by atoms with Crippen molar-refractivity contribution in [3.63, 3.8) is 0 Å². The van der Waals surface area contributed by atoms with Gasteiger partial charge >= 0.3 is 0 Å². The predicted octanol–water partition coefficient (Wildman–Crippen LogP) is 7.24. The smallest absolute Gasteiger partial charge is 0.181 e. The number of rotatable bonds is 16. The van der Waals surface area contributed by atoms with Crippen LogP contribution in [0.1, 0.15) is 96.8 Å². The van der Waals surface area contributed by atoms with E-state index in [1.807, 2.05) is 6.07 Å². The van der Waals surface area contributed by atoms with Crippen molar-refractivity contribution in [2.45, 2.75) is 113 Å². The summed E-state index contributed by atoms with van der Waals surface area (Å²) in [6.07, 6.45) is 17.8. The minimum atomic E-state index is -3.30. The molecule has 34 heavy (non-hydrogen) atoms. The van der Waals surface area contributed by atoms with Gasteiger partial charge in [-0.25, -0.2) is 8.42 Å². The second kappa shape index (κ2) is 17.8. The highest BCUT2D eigenvalue weighted by Gasteiger charge is 2.26. The molecule has 0 amide bonds. The molecule has 1 aliphatic rings. The summed E-state index contributed by atoms with van der Waals surface area (Å²) in [6.45, 7) is 3.62.